The molecular formula is C15H15N3OS. The largest absolute Gasteiger partial charge is 0.274 e. The van der Waals surface area contributed by atoms with Gasteiger partial charge in [0.25, 0.3) is 0 Å². The number of fused-ring (bicyclic) bond motifs is 1. The number of pyridine rings is 1. The van der Waals surface area contributed by atoms with Crippen LogP contribution >= 0.6 is 11.3 Å². The van der Waals surface area contributed by atoms with E-state index in [9.17, 15) is 4.79 Å². The van der Waals surface area contributed by atoms with Crippen molar-refractivity contribution in [3.05, 3.63) is 46.8 Å². The lowest BCUT2D eigenvalue weighted by Crippen LogP contribution is -2.32. The van der Waals surface area contributed by atoms with Crippen LogP contribution in [0.3, 0.4) is 0 Å². The predicted molar refractivity (Wildman–Crippen MR) is 78.5 cm³/mol. The highest BCUT2D eigenvalue weighted by atomic mass is 32.1. The summed E-state index contributed by atoms with van der Waals surface area (Å²) < 4.78 is 0. The molecule has 2 aromatic heterocycles. The standard InChI is InChI=1S/C15H15N3OS/c19-15-11-5-3-9-17(11)14(12-6-4-10-20-12)18(15)13-7-1-2-8-16-13/h1-2,4,6-8,10-11,14H,3,5,9H2/t11-,14+/m0/s1. The van der Waals surface area contributed by atoms with Crippen molar-refractivity contribution in [2.24, 2.45) is 0 Å². The summed E-state index contributed by atoms with van der Waals surface area (Å²) >= 11 is 1.71. The van der Waals surface area contributed by atoms with Crippen LogP contribution in [0.25, 0.3) is 0 Å². The molecular weight excluding hydrogens is 270 g/mol. The van der Waals surface area contributed by atoms with Crippen LogP contribution in [-0.4, -0.2) is 28.4 Å². The van der Waals surface area contributed by atoms with Crippen LogP contribution in [0.15, 0.2) is 41.9 Å². The monoisotopic (exact) mass is 285 g/mol. The van der Waals surface area contributed by atoms with Gasteiger partial charge in [0.15, 0.2) is 0 Å². The SMILES string of the molecule is O=C1[C@@H]2CCCN2[C@@H](c2cccs2)N1c1ccccn1. The molecule has 0 saturated carbocycles. The van der Waals surface area contributed by atoms with Gasteiger partial charge < -0.3 is 0 Å². The Morgan fingerprint density at radius 3 is 2.95 bits per heavy atom. The average Bonchev–Trinajstić information content (AvgIpc) is 3.18. The van der Waals surface area contributed by atoms with Crippen molar-refractivity contribution >= 4 is 23.1 Å². The Balaban J connectivity index is 1.81. The highest BCUT2D eigenvalue weighted by molar-refractivity contribution is 7.10. The third-order valence-corrected chi connectivity index (χ3v) is 4.98. The van der Waals surface area contributed by atoms with Crippen LogP contribution in [0, 0.1) is 0 Å². The molecule has 2 aliphatic rings. The topological polar surface area (TPSA) is 36.4 Å². The van der Waals surface area contributed by atoms with Gasteiger partial charge in [0.05, 0.1) is 6.04 Å². The molecule has 4 heterocycles. The molecule has 1 amide bonds. The molecule has 2 aliphatic heterocycles. The summed E-state index contributed by atoms with van der Waals surface area (Å²) in [4.78, 5) is 22.5. The van der Waals surface area contributed by atoms with Crippen LogP contribution < -0.4 is 4.90 Å². The molecule has 0 aliphatic carbocycles. The van der Waals surface area contributed by atoms with Crippen molar-refractivity contribution in [3.8, 4) is 0 Å². The number of hydrogen-bond donors (Lipinski definition) is 0. The Morgan fingerprint density at radius 2 is 2.20 bits per heavy atom. The number of carbonyl (C=O) groups excluding carboxylic acids is 1. The Morgan fingerprint density at radius 1 is 1.25 bits per heavy atom. The molecule has 0 aromatic carbocycles. The van der Waals surface area contributed by atoms with E-state index in [4.69, 9.17) is 0 Å². The summed E-state index contributed by atoms with van der Waals surface area (Å²) in [5.74, 6) is 0.949. The molecule has 20 heavy (non-hydrogen) atoms. The Kier molecular flexibility index (Phi) is 2.82. The molecule has 0 unspecified atom stereocenters. The first-order valence-electron chi connectivity index (χ1n) is 6.89. The minimum absolute atomic E-state index is 0.0184. The fourth-order valence-corrected chi connectivity index (χ4v) is 4.07. The van der Waals surface area contributed by atoms with E-state index in [0.29, 0.717) is 0 Å². The maximum Gasteiger partial charge on any atom is 0.247 e. The van der Waals surface area contributed by atoms with E-state index in [1.54, 1.807) is 17.5 Å². The van der Waals surface area contributed by atoms with Crippen LogP contribution in [0.4, 0.5) is 5.82 Å². The Bertz CT molecular complexity index is 613. The summed E-state index contributed by atoms with van der Waals surface area (Å²) in [6.45, 7) is 0.988. The van der Waals surface area contributed by atoms with Crippen LogP contribution in [0.1, 0.15) is 23.9 Å². The van der Waals surface area contributed by atoms with Crippen LogP contribution in [-0.2, 0) is 4.79 Å². The number of carbonyl (C=O) groups is 1. The van der Waals surface area contributed by atoms with E-state index in [1.165, 1.54) is 4.88 Å². The second-order valence-corrected chi connectivity index (χ2v) is 6.16. The normalized spacial score (nSPS) is 26.2. The first kappa shape index (κ1) is 12.1. The maximum absolute atomic E-state index is 12.7. The number of anilines is 1. The van der Waals surface area contributed by atoms with E-state index in [-0.39, 0.29) is 18.1 Å². The zero-order chi connectivity index (χ0) is 13.5. The van der Waals surface area contributed by atoms with E-state index in [0.717, 1.165) is 25.2 Å². The number of nitrogens with zero attached hydrogens (tertiary/aromatic N) is 3. The van der Waals surface area contributed by atoms with E-state index in [2.05, 4.69) is 21.3 Å². The third-order valence-electron chi connectivity index (χ3n) is 4.07. The number of thiophene rings is 1. The van der Waals surface area contributed by atoms with E-state index >= 15 is 0 Å². The number of hydrogen-bond acceptors (Lipinski definition) is 4. The lowest BCUT2D eigenvalue weighted by atomic mass is 10.2. The summed E-state index contributed by atoms with van der Waals surface area (Å²) in [5.41, 5.74) is 0. The smallest absolute Gasteiger partial charge is 0.247 e. The highest BCUT2D eigenvalue weighted by Gasteiger charge is 2.50. The van der Waals surface area contributed by atoms with E-state index < -0.39 is 0 Å². The van der Waals surface area contributed by atoms with Crippen molar-refractivity contribution in [3.63, 3.8) is 0 Å². The highest BCUT2D eigenvalue weighted by Crippen LogP contribution is 2.42. The second kappa shape index (κ2) is 4.68. The molecule has 2 saturated heterocycles. The molecule has 2 atom stereocenters. The first-order chi connectivity index (χ1) is 9.86. The second-order valence-electron chi connectivity index (χ2n) is 5.18. The molecule has 0 spiro atoms. The van der Waals surface area contributed by atoms with Gasteiger partial charge in [0.2, 0.25) is 5.91 Å². The van der Waals surface area contributed by atoms with Crippen molar-refractivity contribution in [1.29, 1.82) is 0 Å². The molecule has 5 heteroatoms. The Hall–Kier alpha value is -1.72. The van der Waals surface area contributed by atoms with Crippen molar-refractivity contribution in [2.45, 2.75) is 25.0 Å². The van der Waals surface area contributed by atoms with Gasteiger partial charge >= 0.3 is 0 Å². The summed E-state index contributed by atoms with van der Waals surface area (Å²) in [6.07, 6.45) is 3.83. The van der Waals surface area contributed by atoms with Crippen LogP contribution in [0.2, 0.25) is 0 Å². The molecule has 0 bridgehead atoms. The molecule has 102 valence electrons. The Labute approximate surface area is 121 Å². The van der Waals surface area contributed by atoms with Crippen LogP contribution in [0.5, 0.6) is 0 Å². The van der Waals surface area contributed by atoms with E-state index in [1.807, 2.05) is 29.2 Å². The third kappa shape index (κ3) is 1.70. The van der Waals surface area contributed by atoms with Gasteiger partial charge in [0.1, 0.15) is 12.0 Å². The zero-order valence-electron chi connectivity index (χ0n) is 11.0. The number of rotatable bonds is 2. The molecule has 4 nitrogen and oxygen atoms in total. The summed E-state index contributed by atoms with van der Waals surface area (Å²) in [6, 6.07) is 9.92. The minimum Gasteiger partial charge on any atom is -0.274 e. The quantitative estimate of drug-likeness (QED) is 0.851. The zero-order valence-corrected chi connectivity index (χ0v) is 11.8. The van der Waals surface area contributed by atoms with Gasteiger partial charge in [-0.05, 0) is 36.4 Å². The van der Waals surface area contributed by atoms with Crippen molar-refractivity contribution < 1.29 is 4.79 Å². The van der Waals surface area contributed by atoms with Gasteiger partial charge in [0, 0.05) is 17.6 Å². The fourth-order valence-electron chi connectivity index (χ4n) is 3.24. The molecule has 0 N–H and O–H groups in total. The fraction of sp³-hybridized carbons (Fsp3) is 0.333. The molecule has 4 rings (SSSR count). The summed E-state index contributed by atoms with van der Waals surface area (Å²) in [5, 5.41) is 2.07. The van der Waals surface area contributed by atoms with Gasteiger partial charge in [-0.1, -0.05) is 12.1 Å². The molecule has 2 aromatic rings. The van der Waals surface area contributed by atoms with Gasteiger partial charge in [-0.25, -0.2) is 4.98 Å². The predicted octanol–water partition coefficient (Wildman–Crippen LogP) is 2.65. The minimum atomic E-state index is 0.0184. The lowest BCUT2D eigenvalue weighted by Gasteiger charge is -2.27. The van der Waals surface area contributed by atoms with Crippen molar-refractivity contribution in [1.82, 2.24) is 9.88 Å². The summed E-state index contributed by atoms with van der Waals surface area (Å²) in [7, 11) is 0. The molecule has 2 fully saturated rings. The average molecular weight is 285 g/mol. The van der Waals surface area contributed by atoms with Gasteiger partial charge in [-0.2, -0.15) is 0 Å². The number of aromatic nitrogens is 1. The maximum atomic E-state index is 12.7. The first-order valence-corrected chi connectivity index (χ1v) is 7.77. The number of amides is 1. The van der Waals surface area contributed by atoms with Gasteiger partial charge in [-0.3, -0.25) is 14.6 Å². The van der Waals surface area contributed by atoms with Gasteiger partial charge in [-0.15, -0.1) is 11.3 Å². The molecule has 0 radical (unpaired) electrons. The lowest BCUT2D eigenvalue weighted by molar-refractivity contribution is -0.119. The van der Waals surface area contributed by atoms with Crippen molar-refractivity contribution in [2.75, 3.05) is 11.4 Å².